The molecule has 0 spiro atoms. The summed E-state index contributed by atoms with van der Waals surface area (Å²) < 4.78 is 86.6. The second-order valence-electron chi connectivity index (χ2n) is 7.93. The molecule has 190 valence electrons. The van der Waals surface area contributed by atoms with Gasteiger partial charge < -0.3 is 19.2 Å². The molecule has 0 saturated carbocycles. The van der Waals surface area contributed by atoms with Gasteiger partial charge in [-0.25, -0.2) is 9.78 Å². The van der Waals surface area contributed by atoms with Gasteiger partial charge in [0, 0.05) is 22.2 Å². The van der Waals surface area contributed by atoms with Gasteiger partial charge in [0.1, 0.15) is 5.69 Å². The molecule has 0 radical (unpaired) electrons. The first kappa shape index (κ1) is 25.6. The molecule has 0 unspecified atom stereocenters. The van der Waals surface area contributed by atoms with Crippen LogP contribution in [0, 0.1) is 6.92 Å². The Balaban J connectivity index is 1.81. The summed E-state index contributed by atoms with van der Waals surface area (Å²) in [7, 11) is 0. The SMILES string of the molecule is Cc1cc2cc(C(O)(C(F)(F)F)C(F)(F)F)ccc2n1Cc1nc(-c2ccccc2Cl)oc1C(=O)O. The molecule has 0 saturated heterocycles. The number of aromatic nitrogens is 2. The number of carboxylic acids is 1. The molecule has 6 nitrogen and oxygen atoms in total. The summed E-state index contributed by atoms with van der Waals surface area (Å²) in [6, 6.07) is 9.80. The van der Waals surface area contributed by atoms with Gasteiger partial charge in [-0.05, 0) is 37.3 Å². The third-order valence-electron chi connectivity index (χ3n) is 5.65. The third kappa shape index (κ3) is 4.09. The van der Waals surface area contributed by atoms with Gasteiger partial charge in [0.25, 0.3) is 5.60 Å². The molecule has 4 rings (SSSR count). The van der Waals surface area contributed by atoms with E-state index in [-0.39, 0.29) is 34.1 Å². The molecule has 0 aliphatic rings. The number of alkyl halides is 6. The van der Waals surface area contributed by atoms with Crippen LogP contribution in [-0.4, -0.2) is 38.1 Å². The largest absolute Gasteiger partial charge is 0.475 e. The number of fused-ring (bicyclic) bond motifs is 1. The highest BCUT2D eigenvalue weighted by molar-refractivity contribution is 6.33. The number of hydrogen-bond donors (Lipinski definition) is 2. The lowest BCUT2D eigenvalue weighted by Gasteiger charge is -2.32. The fourth-order valence-electron chi connectivity index (χ4n) is 3.86. The highest BCUT2D eigenvalue weighted by Crippen LogP contribution is 2.50. The number of nitrogens with zero attached hydrogens (tertiary/aromatic N) is 2. The number of aliphatic hydroxyl groups is 1. The molecule has 0 aliphatic heterocycles. The molecule has 0 amide bonds. The molecule has 36 heavy (non-hydrogen) atoms. The van der Waals surface area contributed by atoms with E-state index in [1.54, 1.807) is 24.3 Å². The number of benzene rings is 2. The van der Waals surface area contributed by atoms with Crippen LogP contribution in [0.4, 0.5) is 26.3 Å². The normalized spacial score (nSPS) is 12.9. The van der Waals surface area contributed by atoms with E-state index in [9.17, 15) is 41.4 Å². The Morgan fingerprint density at radius 1 is 1.06 bits per heavy atom. The number of halogens is 7. The van der Waals surface area contributed by atoms with Gasteiger partial charge in [0.05, 0.1) is 17.1 Å². The maximum atomic E-state index is 13.3. The van der Waals surface area contributed by atoms with Crippen molar-refractivity contribution in [2.24, 2.45) is 0 Å². The molecule has 0 bridgehead atoms. The Morgan fingerprint density at radius 2 is 1.69 bits per heavy atom. The number of carboxylic acid groups (broad SMARTS) is 1. The topological polar surface area (TPSA) is 88.5 Å². The lowest BCUT2D eigenvalue weighted by atomic mass is 9.91. The second kappa shape index (κ2) is 8.56. The molecule has 2 heterocycles. The van der Waals surface area contributed by atoms with Crippen LogP contribution < -0.4 is 0 Å². The van der Waals surface area contributed by atoms with Crippen molar-refractivity contribution in [2.45, 2.75) is 31.4 Å². The zero-order chi connectivity index (χ0) is 26.6. The van der Waals surface area contributed by atoms with E-state index in [4.69, 9.17) is 16.0 Å². The van der Waals surface area contributed by atoms with Crippen LogP contribution in [0.25, 0.3) is 22.4 Å². The number of aryl methyl sites for hydroxylation is 1. The molecule has 0 fully saturated rings. The average molecular weight is 533 g/mol. The molecule has 2 aromatic carbocycles. The first-order valence-corrected chi connectivity index (χ1v) is 10.5. The van der Waals surface area contributed by atoms with Crippen molar-refractivity contribution in [2.75, 3.05) is 0 Å². The Labute approximate surface area is 203 Å². The third-order valence-corrected chi connectivity index (χ3v) is 5.98. The van der Waals surface area contributed by atoms with E-state index in [1.807, 2.05) is 0 Å². The van der Waals surface area contributed by atoms with Crippen molar-refractivity contribution in [3.8, 4) is 11.5 Å². The van der Waals surface area contributed by atoms with Crippen molar-refractivity contribution in [3.63, 3.8) is 0 Å². The van der Waals surface area contributed by atoms with E-state index < -0.39 is 35.2 Å². The number of carbonyl (C=O) groups is 1. The van der Waals surface area contributed by atoms with E-state index in [0.717, 1.165) is 6.07 Å². The van der Waals surface area contributed by atoms with Crippen LogP contribution in [0.1, 0.15) is 27.5 Å². The zero-order valence-corrected chi connectivity index (χ0v) is 18.8. The summed E-state index contributed by atoms with van der Waals surface area (Å²) in [5, 5.41) is 19.5. The fourth-order valence-corrected chi connectivity index (χ4v) is 4.07. The van der Waals surface area contributed by atoms with E-state index in [1.165, 1.54) is 17.6 Å². The van der Waals surface area contributed by atoms with Gasteiger partial charge in [0.15, 0.2) is 0 Å². The second-order valence-corrected chi connectivity index (χ2v) is 8.34. The number of hydrogen-bond acceptors (Lipinski definition) is 4. The van der Waals surface area contributed by atoms with Crippen molar-refractivity contribution in [3.05, 3.63) is 76.3 Å². The van der Waals surface area contributed by atoms with Crippen LogP contribution in [0.2, 0.25) is 5.02 Å². The van der Waals surface area contributed by atoms with Crippen LogP contribution >= 0.6 is 11.6 Å². The van der Waals surface area contributed by atoms with Gasteiger partial charge in [0.2, 0.25) is 11.7 Å². The first-order valence-electron chi connectivity index (χ1n) is 10.1. The van der Waals surface area contributed by atoms with Crippen molar-refractivity contribution in [1.29, 1.82) is 0 Å². The Kier molecular flexibility index (Phi) is 6.08. The Morgan fingerprint density at radius 3 is 2.28 bits per heavy atom. The van der Waals surface area contributed by atoms with Crippen molar-refractivity contribution < 1.29 is 45.8 Å². The minimum atomic E-state index is -6.03. The minimum absolute atomic E-state index is 0.0383. The Hall–Kier alpha value is -3.51. The maximum Gasteiger partial charge on any atom is 0.430 e. The van der Waals surface area contributed by atoms with Gasteiger partial charge in [-0.1, -0.05) is 29.8 Å². The fraction of sp³-hybridized carbons (Fsp3) is 0.217. The smallest absolute Gasteiger partial charge is 0.430 e. The Bertz CT molecular complexity index is 1460. The van der Waals surface area contributed by atoms with Gasteiger partial charge in [-0.3, -0.25) is 0 Å². The number of rotatable bonds is 5. The van der Waals surface area contributed by atoms with Crippen LogP contribution in [0.15, 0.2) is 52.9 Å². The zero-order valence-electron chi connectivity index (χ0n) is 18.1. The molecule has 13 heteroatoms. The monoisotopic (exact) mass is 532 g/mol. The number of oxazole rings is 1. The lowest BCUT2D eigenvalue weighted by Crippen LogP contribution is -2.53. The average Bonchev–Trinajstić information content (AvgIpc) is 3.33. The molecule has 4 aromatic rings. The van der Waals surface area contributed by atoms with Crippen molar-refractivity contribution in [1.82, 2.24) is 9.55 Å². The highest BCUT2D eigenvalue weighted by atomic mass is 35.5. The van der Waals surface area contributed by atoms with Crippen LogP contribution in [-0.2, 0) is 12.1 Å². The molecule has 2 aromatic heterocycles. The predicted octanol–water partition coefficient (Wildman–Crippen LogP) is 6.32. The molecule has 2 N–H and O–H groups in total. The lowest BCUT2D eigenvalue weighted by molar-refractivity contribution is -0.376. The quantitative estimate of drug-likeness (QED) is 0.294. The van der Waals surface area contributed by atoms with Crippen LogP contribution in [0.3, 0.4) is 0 Å². The summed E-state index contributed by atoms with van der Waals surface area (Å²) in [6.07, 6.45) is -12.1. The maximum absolute atomic E-state index is 13.3. The summed E-state index contributed by atoms with van der Waals surface area (Å²) in [4.78, 5) is 16.0. The molecule has 0 atom stereocenters. The predicted molar refractivity (Wildman–Crippen MR) is 116 cm³/mol. The summed E-state index contributed by atoms with van der Waals surface area (Å²) in [5.41, 5.74) is -5.64. The highest BCUT2D eigenvalue weighted by Gasteiger charge is 2.71. The summed E-state index contributed by atoms with van der Waals surface area (Å²) in [5.74, 6) is -2.02. The van der Waals surface area contributed by atoms with Crippen molar-refractivity contribution >= 4 is 28.5 Å². The van der Waals surface area contributed by atoms with Crippen LogP contribution in [0.5, 0.6) is 0 Å². The van der Waals surface area contributed by atoms with Gasteiger partial charge >= 0.3 is 18.3 Å². The molecule has 0 aliphatic carbocycles. The van der Waals surface area contributed by atoms with Gasteiger partial charge in [-0.15, -0.1) is 0 Å². The summed E-state index contributed by atoms with van der Waals surface area (Å²) in [6.45, 7) is 1.29. The van der Waals surface area contributed by atoms with E-state index in [0.29, 0.717) is 23.4 Å². The molecular formula is C23H15ClF6N2O4. The van der Waals surface area contributed by atoms with Gasteiger partial charge in [-0.2, -0.15) is 26.3 Å². The number of aromatic carboxylic acids is 1. The first-order chi connectivity index (χ1) is 16.6. The summed E-state index contributed by atoms with van der Waals surface area (Å²) >= 11 is 6.13. The van der Waals surface area contributed by atoms with E-state index in [2.05, 4.69) is 4.98 Å². The van der Waals surface area contributed by atoms with E-state index >= 15 is 0 Å². The standard InChI is InChI=1S/C23H15ClF6N2O4/c1-11-8-12-9-13(21(35,22(25,26)27)23(28,29)30)6-7-17(12)32(11)10-16-18(20(33)34)36-19(31-16)14-4-2-3-5-15(14)24/h2-9,35H,10H2,1H3,(H,33,34). The minimum Gasteiger partial charge on any atom is -0.475 e. The molecular weight excluding hydrogens is 518 g/mol.